The van der Waals surface area contributed by atoms with Crippen LogP contribution in [-0.4, -0.2) is 11.1 Å². The van der Waals surface area contributed by atoms with Gasteiger partial charge in [-0.2, -0.15) is 0 Å². The number of benzene rings is 3. The predicted molar refractivity (Wildman–Crippen MR) is 86.3 cm³/mol. The average Bonchev–Trinajstić information content (AvgIpc) is 2.91. The second kappa shape index (κ2) is 4.99. The number of aromatic hydroxyl groups is 1. The fraction of sp³-hybridized carbons (Fsp3) is 0.0500. The molecule has 1 unspecified atom stereocenters. The maximum Gasteiger partial charge on any atom is 0.340 e. The molecule has 112 valence electrons. The van der Waals surface area contributed by atoms with Crippen molar-refractivity contribution < 1.29 is 14.6 Å². The summed E-state index contributed by atoms with van der Waals surface area (Å²) >= 11 is 0. The highest BCUT2D eigenvalue weighted by Gasteiger charge is 2.48. The van der Waals surface area contributed by atoms with Gasteiger partial charge in [-0.3, -0.25) is 0 Å². The predicted octanol–water partition coefficient (Wildman–Crippen LogP) is 3.85. The zero-order valence-corrected chi connectivity index (χ0v) is 12.3. The minimum Gasteiger partial charge on any atom is -0.508 e. The van der Waals surface area contributed by atoms with Gasteiger partial charge in [-0.15, -0.1) is 0 Å². The highest BCUT2D eigenvalue weighted by Crippen LogP contribution is 2.46. The Hall–Kier alpha value is -3.07. The van der Waals surface area contributed by atoms with Gasteiger partial charge in [-0.1, -0.05) is 60.7 Å². The van der Waals surface area contributed by atoms with Crippen LogP contribution in [0.4, 0.5) is 0 Å². The minimum atomic E-state index is -0.983. The molecule has 0 bridgehead atoms. The van der Waals surface area contributed by atoms with Crippen molar-refractivity contribution in [1.82, 2.24) is 0 Å². The normalized spacial score (nSPS) is 19.2. The van der Waals surface area contributed by atoms with E-state index in [9.17, 15) is 9.90 Å². The molecular formula is C20H14O3. The van der Waals surface area contributed by atoms with E-state index in [1.807, 2.05) is 48.5 Å². The van der Waals surface area contributed by atoms with Gasteiger partial charge in [0.05, 0.1) is 5.56 Å². The van der Waals surface area contributed by atoms with Crippen molar-refractivity contribution in [2.75, 3.05) is 0 Å². The Labute approximate surface area is 133 Å². The molecule has 1 atom stereocenters. The van der Waals surface area contributed by atoms with E-state index < -0.39 is 5.60 Å². The van der Waals surface area contributed by atoms with Gasteiger partial charge in [0.15, 0.2) is 5.60 Å². The molecule has 1 heterocycles. The first-order valence-corrected chi connectivity index (χ1v) is 7.40. The van der Waals surface area contributed by atoms with E-state index in [4.69, 9.17) is 4.74 Å². The molecule has 1 N–H and O–H groups in total. The maximum absolute atomic E-state index is 12.4. The van der Waals surface area contributed by atoms with Crippen LogP contribution in [0.1, 0.15) is 27.0 Å². The number of carbonyl (C=O) groups is 1. The Kier molecular flexibility index (Phi) is 2.95. The van der Waals surface area contributed by atoms with Crippen LogP contribution in [0, 0.1) is 0 Å². The van der Waals surface area contributed by atoms with Crippen LogP contribution >= 0.6 is 0 Å². The first kappa shape index (κ1) is 13.6. The molecule has 0 saturated heterocycles. The third kappa shape index (κ3) is 1.94. The van der Waals surface area contributed by atoms with Gasteiger partial charge >= 0.3 is 5.97 Å². The molecule has 0 saturated carbocycles. The van der Waals surface area contributed by atoms with Crippen molar-refractivity contribution in [3.63, 3.8) is 0 Å². The second-order valence-electron chi connectivity index (χ2n) is 5.53. The smallest absolute Gasteiger partial charge is 0.340 e. The standard InChI is InChI=1S/C20H14O3/c21-16-12-10-15(11-13-16)20(14-6-2-1-3-7-14)18-9-5-4-8-17(18)19(22)23-20/h1-13,21H. The number of rotatable bonds is 2. The minimum absolute atomic E-state index is 0.176. The van der Waals surface area contributed by atoms with Crippen LogP contribution in [-0.2, 0) is 10.3 Å². The molecule has 0 aromatic heterocycles. The van der Waals surface area contributed by atoms with Crippen molar-refractivity contribution in [2.24, 2.45) is 0 Å². The third-order valence-electron chi connectivity index (χ3n) is 4.23. The van der Waals surface area contributed by atoms with Gasteiger partial charge in [-0.05, 0) is 18.2 Å². The molecular weight excluding hydrogens is 288 g/mol. The number of carbonyl (C=O) groups excluding carboxylic acids is 1. The van der Waals surface area contributed by atoms with E-state index in [-0.39, 0.29) is 11.7 Å². The third-order valence-corrected chi connectivity index (χ3v) is 4.23. The van der Waals surface area contributed by atoms with Gasteiger partial charge in [-0.25, -0.2) is 4.79 Å². The summed E-state index contributed by atoms with van der Waals surface area (Å²) in [4.78, 5) is 12.4. The Morgan fingerprint density at radius 3 is 2.09 bits per heavy atom. The molecule has 0 radical (unpaired) electrons. The molecule has 0 amide bonds. The fourth-order valence-electron chi connectivity index (χ4n) is 3.18. The Bertz CT molecular complexity index is 869. The van der Waals surface area contributed by atoms with Crippen LogP contribution in [0.3, 0.4) is 0 Å². The topological polar surface area (TPSA) is 46.5 Å². The lowest BCUT2D eigenvalue weighted by molar-refractivity contribution is 0.0251. The number of cyclic esters (lactones) is 1. The van der Waals surface area contributed by atoms with E-state index in [2.05, 4.69) is 0 Å². The Morgan fingerprint density at radius 2 is 1.35 bits per heavy atom. The summed E-state index contributed by atoms with van der Waals surface area (Å²) in [6.07, 6.45) is 0. The van der Waals surface area contributed by atoms with Crippen molar-refractivity contribution in [2.45, 2.75) is 5.60 Å². The number of esters is 1. The molecule has 3 aromatic rings. The lowest BCUT2D eigenvalue weighted by Gasteiger charge is -2.30. The zero-order chi connectivity index (χ0) is 15.9. The quantitative estimate of drug-likeness (QED) is 0.731. The van der Waals surface area contributed by atoms with Gasteiger partial charge in [0.25, 0.3) is 0 Å². The van der Waals surface area contributed by atoms with Crippen LogP contribution in [0.2, 0.25) is 0 Å². The summed E-state index contributed by atoms with van der Waals surface area (Å²) < 4.78 is 5.91. The van der Waals surface area contributed by atoms with Crippen LogP contribution < -0.4 is 0 Å². The molecule has 1 aliphatic rings. The van der Waals surface area contributed by atoms with E-state index in [0.29, 0.717) is 5.56 Å². The first-order valence-electron chi connectivity index (χ1n) is 7.40. The average molecular weight is 302 g/mol. The van der Waals surface area contributed by atoms with Gasteiger partial charge < -0.3 is 9.84 Å². The highest BCUT2D eigenvalue weighted by atomic mass is 16.6. The van der Waals surface area contributed by atoms with Crippen LogP contribution in [0.5, 0.6) is 5.75 Å². The summed E-state index contributed by atoms with van der Waals surface area (Å²) in [6.45, 7) is 0. The van der Waals surface area contributed by atoms with Gasteiger partial charge in [0, 0.05) is 16.7 Å². The summed E-state index contributed by atoms with van der Waals surface area (Å²) in [5.74, 6) is -0.160. The number of hydrogen-bond acceptors (Lipinski definition) is 3. The summed E-state index contributed by atoms with van der Waals surface area (Å²) in [5.41, 5.74) is 2.10. The molecule has 4 rings (SSSR count). The Morgan fingerprint density at radius 1 is 0.739 bits per heavy atom. The highest BCUT2D eigenvalue weighted by molar-refractivity contribution is 5.96. The molecule has 3 aromatic carbocycles. The number of ether oxygens (including phenoxy) is 1. The lowest BCUT2D eigenvalue weighted by Crippen LogP contribution is -2.29. The fourth-order valence-corrected chi connectivity index (χ4v) is 3.18. The van der Waals surface area contributed by atoms with Crippen LogP contribution in [0.25, 0.3) is 0 Å². The number of fused-ring (bicyclic) bond motifs is 1. The molecule has 1 aliphatic heterocycles. The van der Waals surface area contributed by atoms with Crippen molar-refractivity contribution in [3.05, 3.63) is 101 Å². The maximum atomic E-state index is 12.4. The SMILES string of the molecule is O=C1OC(c2ccccc2)(c2ccc(O)cc2)c2ccccc21. The van der Waals surface area contributed by atoms with Gasteiger partial charge in [0.2, 0.25) is 0 Å². The van der Waals surface area contributed by atoms with Crippen molar-refractivity contribution in [1.29, 1.82) is 0 Å². The lowest BCUT2D eigenvalue weighted by atomic mass is 9.80. The molecule has 0 aliphatic carbocycles. The monoisotopic (exact) mass is 302 g/mol. The molecule has 0 fully saturated rings. The molecule has 23 heavy (non-hydrogen) atoms. The van der Waals surface area contributed by atoms with Crippen molar-refractivity contribution in [3.8, 4) is 5.75 Å². The van der Waals surface area contributed by atoms with E-state index in [0.717, 1.165) is 16.7 Å². The number of phenolic OH excluding ortho intramolecular Hbond substituents is 1. The molecule has 3 heteroatoms. The van der Waals surface area contributed by atoms with Gasteiger partial charge in [0.1, 0.15) is 5.75 Å². The molecule has 0 spiro atoms. The van der Waals surface area contributed by atoms with Crippen molar-refractivity contribution >= 4 is 5.97 Å². The number of hydrogen-bond donors (Lipinski definition) is 1. The van der Waals surface area contributed by atoms with E-state index in [1.54, 1.807) is 30.3 Å². The largest absolute Gasteiger partial charge is 0.508 e. The summed E-state index contributed by atoms with van der Waals surface area (Å²) in [6, 6.07) is 23.9. The summed E-state index contributed by atoms with van der Waals surface area (Å²) in [5, 5.41) is 9.59. The first-order chi connectivity index (χ1) is 11.2. The number of phenols is 1. The van der Waals surface area contributed by atoms with Crippen LogP contribution in [0.15, 0.2) is 78.9 Å². The molecule has 3 nitrogen and oxygen atoms in total. The van der Waals surface area contributed by atoms with E-state index in [1.165, 1.54) is 0 Å². The second-order valence-corrected chi connectivity index (χ2v) is 5.53. The Balaban J connectivity index is 2.04. The van der Waals surface area contributed by atoms with E-state index >= 15 is 0 Å². The zero-order valence-electron chi connectivity index (χ0n) is 12.3. The summed E-state index contributed by atoms with van der Waals surface area (Å²) in [7, 11) is 0.